The third-order valence-electron chi connectivity index (χ3n) is 1.83. The molecule has 0 aliphatic rings. The van der Waals surface area contributed by atoms with E-state index in [2.05, 4.69) is 5.32 Å². The molecule has 1 heterocycles. The van der Waals surface area contributed by atoms with Crippen molar-refractivity contribution in [2.24, 2.45) is 7.05 Å². The van der Waals surface area contributed by atoms with E-state index in [1.165, 1.54) is 0 Å². The molecule has 0 spiro atoms. The molecule has 0 aromatic carbocycles. The van der Waals surface area contributed by atoms with Crippen LogP contribution in [0.2, 0.25) is 0 Å². The first-order chi connectivity index (χ1) is 5.16. The molecule has 0 atom stereocenters. The van der Waals surface area contributed by atoms with Crippen LogP contribution in [0, 0.1) is 6.92 Å². The van der Waals surface area contributed by atoms with E-state index in [-0.39, 0.29) is 5.91 Å². The van der Waals surface area contributed by atoms with Crippen LogP contribution in [0.3, 0.4) is 0 Å². The second-order valence-electron chi connectivity index (χ2n) is 2.50. The van der Waals surface area contributed by atoms with Gasteiger partial charge in [0.25, 0.3) is 5.91 Å². The van der Waals surface area contributed by atoms with Gasteiger partial charge in [-0.3, -0.25) is 4.79 Å². The van der Waals surface area contributed by atoms with Crippen LogP contribution in [0.25, 0.3) is 0 Å². The molecule has 0 fully saturated rings. The maximum atomic E-state index is 11.1. The molecule has 0 unspecified atom stereocenters. The zero-order chi connectivity index (χ0) is 8.43. The van der Waals surface area contributed by atoms with E-state index >= 15 is 0 Å². The van der Waals surface area contributed by atoms with Gasteiger partial charge in [0.15, 0.2) is 0 Å². The quantitative estimate of drug-likeness (QED) is 0.631. The Kier molecular flexibility index (Phi) is 1.98. The zero-order valence-corrected chi connectivity index (χ0v) is 7.01. The summed E-state index contributed by atoms with van der Waals surface area (Å²) in [6.45, 7) is 1.96. The van der Waals surface area contributed by atoms with Gasteiger partial charge < -0.3 is 9.88 Å². The normalized spacial score (nSPS) is 9.73. The Bertz CT molecular complexity index is 276. The number of aromatic nitrogens is 1. The molecule has 1 aromatic heterocycles. The second-order valence-corrected chi connectivity index (χ2v) is 2.50. The lowest BCUT2D eigenvalue weighted by Crippen LogP contribution is -2.20. The number of hydrogen-bond donors (Lipinski definition) is 1. The summed E-state index contributed by atoms with van der Waals surface area (Å²) in [5, 5.41) is 2.58. The van der Waals surface area contributed by atoms with Gasteiger partial charge in [0.05, 0.1) is 0 Å². The molecule has 0 saturated heterocycles. The first-order valence-corrected chi connectivity index (χ1v) is 3.51. The Morgan fingerprint density at radius 1 is 1.55 bits per heavy atom. The fraction of sp³-hybridized carbons (Fsp3) is 0.375. The van der Waals surface area contributed by atoms with Crippen molar-refractivity contribution in [1.82, 2.24) is 9.88 Å². The van der Waals surface area contributed by atoms with Gasteiger partial charge in [0.1, 0.15) is 5.69 Å². The maximum Gasteiger partial charge on any atom is 0.267 e. The molecule has 0 aliphatic heterocycles. The highest BCUT2D eigenvalue weighted by atomic mass is 16.1. The van der Waals surface area contributed by atoms with E-state index < -0.39 is 0 Å². The zero-order valence-electron chi connectivity index (χ0n) is 7.01. The predicted octanol–water partition coefficient (Wildman–Crippen LogP) is 0.693. The highest BCUT2D eigenvalue weighted by Gasteiger charge is 2.07. The number of aryl methyl sites for hydroxylation is 1. The van der Waals surface area contributed by atoms with Gasteiger partial charge in [-0.15, -0.1) is 0 Å². The average molecular weight is 152 g/mol. The number of nitrogens with one attached hydrogen (secondary N) is 1. The lowest BCUT2D eigenvalue weighted by molar-refractivity contribution is 0.0955. The highest BCUT2D eigenvalue weighted by molar-refractivity contribution is 5.92. The van der Waals surface area contributed by atoms with Gasteiger partial charge in [-0.1, -0.05) is 0 Å². The molecule has 0 bridgehead atoms. The van der Waals surface area contributed by atoms with E-state index in [9.17, 15) is 4.79 Å². The van der Waals surface area contributed by atoms with Crippen LogP contribution in [-0.2, 0) is 7.05 Å². The molecular formula is C8H12N2O. The van der Waals surface area contributed by atoms with Crippen molar-refractivity contribution < 1.29 is 4.79 Å². The van der Waals surface area contributed by atoms with E-state index in [1.807, 2.05) is 30.7 Å². The summed E-state index contributed by atoms with van der Waals surface area (Å²) in [6.07, 6.45) is 0. The summed E-state index contributed by atoms with van der Waals surface area (Å²) in [5.74, 6) is -0.0411. The molecule has 3 heteroatoms. The van der Waals surface area contributed by atoms with Gasteiger partial charge in [-0.05, 0) is 19.1 Å². The Hall–Kier alpha value is -1.25. The fourth-order valence-electron chi connectivity index (χ4n) is 0.969. The summed E-state index contributed by atoms with van der Waals surface area (Å²) in [4.78, 5) is 11.1. The van der Waals surface area contributed by atoms with Crippen molar-refractivity contribution in [2.75, 3.05) is 7.05 Å². The number of amides is 1. The van der Waals surface area contributed by atoms with Gasteiger partial charge in [0.2, 0.25) is 0 Å². The third kappa shape index (κ3) is 1.27. The second kappa shape index (κ2) is 2.78. The van der Waals surface area contributed by atoms with Crippen LogP contribution in [0.15, 0.2) is 12.1 Å². The standard InChI is InChI=1S/C8H12N2O/c1-6-4-5-7(10(6)3)8(11)9-2/h4-5H,1-3H3,(H,9,11). The summed E-state index contributed by atoms with van der Waals surface area (Å²) in [6, 6.07) is 3.73. The molecule has 60 valence electrons. The predicted molar refractivity (Wildman–Crippen MR) is 43.5 cm³/mol. The van der Waals surface area contributed by atoms with Crippen LogP contribution in [0.1, 0.15) is 16.2 Å². The van der Waals surface area contributed by atoms with Crippen LogP contribution in [0.4, 0.5) is 0 Å². The van der Waals surface area contributed by atoms with Crippen LogP contribution in [0.5, 0.6) is 0 Å². The molecule has 1 N–H and O–H groups in total. The van der Waals surface area contributed by atoms with Crippen LogP contribution in [-0.4, -0.2) is 17.5 Å². The fourth-order valence-corrected chi connectivity index (χ4v) is 0.969. The number of rotatable bonds is 1. The van der Waals surface area contributed by atoms with Crippen molar-refractivity contribution in [1.29, 1.82) is 0 Å². The van der Waals surface area contributed by atoms with Gasteiger partial charge in [0, 0.05) is 19.8 Å². The molecule has 1 rings (SSSR count). The highest BCUT2D eigenvalue weighted by Crippen LogP contribution is 2.04. The lowest BCUT2D eigenvalue weighted by Gasteiger charge is -2.02. The van der Waals surface area contributed by atoms with Gasteiger partial charge in [-0.25, -0.2) is 0 Å². The summed E-state index contributed by atoms with van der Waals surface area (Å²) in [7, 11) is 3.50. The Morgan fingerprint density at radius 3 is 2.55 bits per heavy atom. The van der Waals surface area contributed by atoms with Crippen molar-refractivity contribution in [2.45, 2.75) is 6.92 Å². The first-order valence-electron chi connectivity index (χ1n) is 3.51. The molecule has 3 nitrogen and oxygen atoms in total. The third-order valence-corrected chi connectivity index (χ3v) is 1.83. The van der Waals surface area contributed by atoms with Crippen molar-refractivity contribution in [3.63, 3.8) is 0 Å². The molecule has 1 amide bonds. The Balaban J connectivity index is 3.04. The smallest absolute Gasteiger partial charge is 0.267 e. The van der Waals surface area contributed by atoms with Crippen LogP contribution >= 0.6 is 0 Å². The van der Waals surface area contributed by atoms with Crippen molar-refractivity contribution in [3.05, 3.63) is 23.5 Å². The molecule has 0 saturated carbocycles. The van der Waals surface area contributed by atoms with Gasteiger partial charge >= 0.3 is 0 Å². The number of hydrogen-bond acceptors (Lipinski definition) is 1. The molecule has 0 radical (unpaired) electrons. The summed E-state index contributed by atoms with van der Waals surface area (Å²) >= 11 is 0. The lowest BCUT2D eigenvalue weighted by atomic mass is 10.4. The van der Waals surface area contributed by atoms with Gasteiger partial charge in [-0.2, -0.15) is 0 Å². The number of carbonyl (C=O) groups excluding carboxylic acids is 1. The minimum absolute atomic E-state index is 0.0411. The largest absolute Gasteiger partial charge is 0.354 e. The SMILES string of the molecule is CNC(=O)c1ccc(C)n1C. The number of nitrogens with zero attached hydrogens (tertiary/aromatic N) is 1. The number of carbonyl (C=O) groups is 1. The van der Waals surface area contributed by atoms with Crippen molar-refractivity contribution >= 4 is 5.91 Å². The average Bonchev–Trinajstić information content (AvgIpc) is 2.32. The van der Waals surface area contributed by atoms with E-state index in [0.717, 1.165) is 5.69 Å². The first kappa shape index (κ1) is 7.85. The molecule has 1 aromatic rings. The topological polar surface area (TPSA) is 34.0 Å². The van der Waals surface area contributed by atoms with Crippen LogP contribution < -0.4 is 5.32 Å². The van der Waals surface area contributed by atoms with E-state index in [1.54, 1.807) is 7.05 Å². The van der Waals surface area contributed by atoms with E-state index in [4.69, 9.17) is 0 Å². The van der Waals surface area contributed by atoms with Crippen molar-refractivity contribution in [3.8, 4) is 0 Å². The minimum Gasteiger partial charge on any atom is -0.354 e. The minimum atomic E-state index is -0.0411. The maximum absolute atomic E-state index is 11.1. The molecular weight excluding hydrogens is 140 g/mol. The summed E-state index contributed by atoms with van der Waals surface area (Å²) < 4.78 is 1.86. The van der Waals surface area contributed by atoms with E-state index in [0.29, 0.717) is 5.69 Å². The monoisotopic (exact) mass is 152 g/mol. The summed E-state index contributed by atoms with van der Waals surface area (Å²) in [5.41, 5.74) is 1.79. The molecule has 11 heavy (non-hydrogen) atoms. The Labute approximate surface area is 66.0 Å². The molecule has 0 aliphatic carbocycles. The Morgan fingerprint density at radius 2 is 2.18 bits per heavy atom.